The summed E-state index contributed by atoms with van der Waals surface area (Å²) in [5.74, 6) is -1.14. The number of ether oxygens (including phenoxy) is 1. The average Bonchev–Trinajstić information content (AvgIpc) is 2.93. The molecule has 0 saturated carbocycles. The maximum Gasteiger partial charge on any atom is 0.295 e. The number of carbonyl (C=O) groups is 2. The number of carbonyl (C=O) groups excluding carboxylic acids is 2. The molecule has 3 rings (SSSR count). The molecule has 0 aromatic heterocycles. The molecule has 1 aliphatic rings. The molecule has 1 saturated heterocycles. The molecular weight excluding hydrogens is 366 g/mol. The van der Waals surface area contributed by atoms with E-state index in [1.54, 1.807) is 48.5 Å². The fourth-order valence-corrected chi connectivity index (χ4v) is 3.45. The highest BCUT2D eigenvalue weighted by Crippen LogP contribution is 2.41. The van der Waals surface area contributed by atoms with Crippen LogP contribution in [0.1, 0.15) is 30.5 Å². The Morgan fingerprint density at radius 2 is 1.81 bits per heavy atom. The number of ketones is 1. The molecule has 1 N–H and O–H groups in total. The first-order valence-corrected chi connectivity index (χ1v) is 9.04. The topological polar surface area (TPSA) is 66.8 Å². The predicted molar refractivity (Wildman–Crippen MR) is 104 cm³/mol. The summed E-state index contributed by atoms with van der Waals surface area (Å²) < 4.78 is 5.30. The minimum absolute atomic E-state index is 0.0558. The van der Waals surface area contributed by atoms with Gasteiger partial charge in [0.1, 0.15) is 11.5 Å². The first kappa shape index (κ1) is 19.0. The fraction of sp³-hybridized carbons (Fsp3) is 0.238. The third kappa shape index (κ3) is 3.43. The van der Waals surface area contributed by atoms with E-state index in [1.165, 1.54) is 12.0 Å². The van der Waals surface area contributed by atoms with Gasteiger partial charge >= 0.3 is 0 Å². The fourth-order valence-electron chi connectivity index (χ4n) is 3.33. The summed E-state index contributed by atoms with van der Waals surface area (Å²) >= 11 is 5.98. The average molecular weight is 386 g/mol. The summed E-state index contributed by atoms with van der Waals surface area (Å²) in [5.41, 5.74) is 1.14. The van der Waals surface area contributed by atoms with Crippen molar-refractivity contribution in [1.82, 2.24) is 4.90 Å². The van der Waals surface area contributed by atoms with Crippen molar-refractivity contribution in [2.45, 2.75) is 19.4 Å². The van der Waals surface area contributed by atoms with Crippen LogP contribution < -0.4 is 4.74 Å². The molecule has 5 nitrogen and oxygen atoms in total. The first-order valence-electron chi connectivity index (χ1n) is 8.66. The van der Waals surface area contributed by atoms with Crippen LogP contribution in [0.4, 0.5) is 0 Å². The van der Waals surface area contributed by atoms with E-state index in [4.69, 9.17) is 16.3 Å². The van der Waals surface area contributed by atoms with Gasteiger partial charge in [-0.05, 0) is 36.2 Å². The van der Waals surface area contributed by atoms with Gasteiger partial charge in [-0.3, -0.25) is 9.59 Å². The van der Waals surface area contributed by atoms with Crippen molar-refractivity contribution in [3.05, 3.63) is 70.3 Å². The molecule has 0 spiro atoms. The van der Waals surface area contributed by atoms with Gasteiger partial charge in [-0.2, -0.15) is 0 Å². The molecular formula is C21H20ClNO4. The Kier molecular flexibility index (Phi) is 5.51. The second-order valence-corrected chi connectivity index (χ2v) is 6.68. The van der Waals surface area contributed by atoms with Crippen LogP contribution >= 0.6 is 11.6 Å². The molecule has 1 amide bonds. The van der Waals surface area contributed by atoms with Crippen molar-refractivity contribution in [2.75, 3.05) is 13.7 Å². The van der Waals surface area contributed by atoms with Crippen LogP contribution in [0.5, 0.6) is 5.75 Å². The lowest BCUT2D eigenvalue weighted by Gasteiger charge is -2.25. The summed E-state index contributed by atoms with van der Waals surface area (Å²) in [6.45, 7) is 2.33. The molecule has 2 aromatic carbocycles. The number of aliphatic hydroxyl groups is 1. The lowest BCUT2D eigenvalue weighted by atomic mass is 9.95. The highest BCUT2D eigenvalue weighted by molar-refractivity contribution is 6.46. The number of para-hydroxylation sites is 1. The highest BCUT2D eigenvalue weighted by Gasteiger charge is 2.45. The maximum atomic E-state index is 12.8. The normalized spacial score (nSPS) is 18.8. The molecule has 2 aromatic rings. The number of Topliss-reactive ketones (excluding diaryl/α,β-unsaturated/α-hetero) is 1. The number of hydrogen-bond acceptors (Lipinski definition) is 4. The number of methoxy groups -OCH3 is 1. The Morgan fingerprint density at radius 3 is 2.44 bits per heavy atom. The van der Waals surface area contributed by atoms with Crippen LogP contribution in [0.2, 0.25) is 5.02 Å². The third-order valence-electron chi connectivity index (χ3n) is 4.55. The van der Waals surface area contributed by atoms with Crippen LogP contribution in [0.25, 0.3) is 5.76 Å². The Labute approximate surface area is 162 Å². The molecule has 1 heterocycles. The van der Waals surface area contributed by atoms with Crippen LogP contribution in [0.3, 0.4) is 0 Å². The predicted octanol–water partition coefficient (Wildman–Crippen LogP) is 4.18. The lowest BCUT2D eigenvalue weighted by molar-refractivity contribution is -0.139. The van der Waals surface area contributed by atoms with E-state index < -0.39 is 17.7 Å². The van der Waals surface area contributed by atoms with E-state index in [9.17, 15) is 14.7 Å². The van der Waals surface area contributed by atoms with E-state index in [-0.39, 0.29) is 11.3 Å². The number of aliphatic hydroxyl groups excluding tert-OH is 1. The van der Waals surface area contributed by atoms with Gasteiger partial charge in [-0.1, -0.05) is 42.8 Å². The second kappa shape index (κ2) is 7.84. The summed E-state index contributed by atoms with van der Waals surface area (Å²) in [7, 11) is 1.48. The molecule has 1 fully saturated rings. The zero-order valence-corrected chi connectivity index (χ0v) is 15.9. The van der Waals surface area contributed by atoms with Gasteiger partial charge in [0.15, 0.2) is 0 Å². The van der Waals surface area contributed by atoms with Crippen LogP contribution in [-0.4, -0.2) is 35.4 Å². The van der Waals surface area contributed by atoms with Crippen LogP contribution in [0, 0.1) is 0 Å². The number of amides is 1. The molecule has 1 aliphatic heterocycles. The van der Waals surface area contributed by atoms with Crippen LogP contribution in [-0.2, 0) is 9.59 Å². The van der Waals surface area contributed by atoms with E-state index in [0.29, 0.717) is 34.9 Å². The summed E-state index contributed by atoms with van der Waals surface area (Å²) in [6.07, 6.45) is 0.686. The third-order valence-corrected chi connectivity index (χ3v) is 4.80. The Morgan fingerprint density at radius 1 is 1.15 bits per heavy atom. The van der Waals surface area contributed by atoms with Gasteiger partial charge < -0.3 is 14.7 Å². The van der Waals surface area contributed by atoms with Crippen molar-refractivity contribution < 1.29 is 19.4 Å². The zero-order valence-electron chi connectivity index (χ0n) is 15.1. The number of halogens is 1. The van der Waals surface area contributed by atoms with E-state index >= 15 is 0 Å². The lowest BCUT2D eigenvalue weighted by Crippen LogP contribution is -2.30. The molecule has 27 heavy (non-hydrogen) atoms. The van der Waals surface area contributed by atoms with Crippen molar-refractivity contribution in [3.8, 4) is 5.75 Å². The molecule has 1 unspecified atom stereocenters. The van der Waals surface area contributed by atoms with E-state index in [2.05, 4.69) is 0 Å². The zero-order chi connectivity index (χ0) is 19.6. The maximum absolute atomic E-state index is 12.8. The van der Waals surface area contributed by atoms with Gasteiger partial charge in [0.25, 0.3) is 11.7 Å². The minimum Gasteiger partial charge on any atom is -0.507 e. The van der Waals surface area contributed by atoms with Gasteiger partial charge in [-0.15, -0.1) is 0 Å². The Hall–Kier alpha value is -2.79. The number of likely N-dealkylation sites (tertiary alicyclic amines) is 1. The van der Waals surface area contributed by atoms with Gasteiger partial charge in [0.2, 0.25) is 0 Å². The summed E-state index contributed by atoms with van der Waals surface area (Å²) in [6, 6.07) is 13.1. The molecule has 0 radical (unpaired) electrons. The molecule has 0 aliphatic carbocycles. The highest BCUT2D eigenvalue weighted by atomic mass is 35.5. The smallest absolute Gasteiger partial charge is 0.295 e. The quantitative estimate of drug-likeness (QED) is 0.476. The molecule has 1 atom stereocenters. The number of hydrogen-bond donors (Lipinski definition) is 1. The summed E-state index contributed by atoms with van der Waals surface area (Å²) in [4.78, 5) is 26.9. The Bertz CT molecular complexity index is 905. The van der Waals surface area contributed by atoms with Gasteiger partial charge in [0, 0.05) is 11.6 Å². The van der Waals surface area contributed by atoms with Crippen molar-refractivity contribution in [2.24, 2.45) is 0 Å². The van der Waals surface area contributed by atoms with Crippen molar-refractivity contribution in [3.63, 3.8) is 0 Å². The molecule has 0 bridgehead atoms. The van der Waals surface area contributed by atoms with Crippen LogP contribution in [0.15, 0.2) is 54.1 Å². The monoisotopic (exact) mass is 385 g/mol. The van der Waals surface area contributed by atoms with Gasteiger partial charge in [0.05, 0.1) is 24.3 Å². The summed E-state index contributed by atoms with van der Waals surface area (Å²) in [5, 5.41) is 11.5. The van der Waals surface area contributed by atoms with E-state index in [0.717, 1.165) is 0 Å². The van der Waals surface area contributed by atoms with Crippen molar-refractivity contribution in [1.29, 1.82) is 0 Å². The second-order valence-electron chi connectivity index (χ2n) is 6.24. The molecule has 140 valence electrons. The van der Waals surface area contributed by atoms with E-state index in [1.807, 2.05) is 6.92 Å². The SMILES string of the molecule is CCCN1C(=O)C(=O)/C(=C(\O)c2ccccc2OC)C1c1ccc(Cl)cc1. The largest absolute Gasteiger partial charge is 0.507 e. The van der Waals surface area contributed by atoms with Gasteiger partial charge in [-0.25, -0.2) is 0 Å². The van der Waals surface area contributed by atoms with Crippen molar-refractivity contribution >= 4 is 29.1 Å². The minimum atomic E-state index is -0.702. The first-order chi connectivity index (χ1) is 13.0. The Balaban J connectivity index is 2.22. The molecule has 6 heteroatoms. The number of rotatable bonds is 5. The number of nitrogens with zero attached hydrogens (tertiary/aromatic N) is 1. The number of benzene rings is 2. The standard InChI is InChI=1S/C21H20ClNO4/c1-3-12-23-18(13-8-10-14(22)11-9-13)17(20(25)21(23)26)19(24)15-6-4-5-7-16(15)27-2/h4-11,18,24H,3,12H2,1-2H3/b19-17-.